The fourth-order valence-corrected chi connectivity index (χ4v) is 2.80. The van der Waals surface area contributed by atoms with Gasteiger partial charge in [-0.15, -0.1) is 0 Å². The zero-order valence-corrected chi connectivity index (χ0v) is 12.4. The van der Waals surface area contributed by atoms with E-state index in [-0.39, 0.29) is 12.4 Å². The zero-order valence-electron chi connectivity index (χ0n) is 12.4. The molecule has 1 aliphatic heterocycles. The van der Waals surface area contributed by atoms with E-state index in [0.29, 0.717) is 12.0 Å². The van der Waals surface area contributed by atoms with Crippen LogP contribution in [0.3, 0.4) is 0 Å². The maximum atomic E-state index is 13.1. The molecular formula is C16H25FN2O2. The lowest BCUT2D eigenvalue weighted by atomic mass is 10.1. The lowest BCUT2D eigenvalue weighted by Gasteiger charge is -2.22. The highest BCUT2D eigenvalue weighted by atomic mass is 19.1. The highest BCUT2D eigenvalue weighted by molar-refractivity contribution is 5.18. The van der Waals surface area contributed by atoms with Gasteiger partial charge < -0.3 is 15.1 Å². The zero-order chi connectivity index (χ0) is 15.1. The number of halogens is 1. The van der Waals surface area contributed by atoms with Gasteiger partial charge in [0.25, 0.3) is 0 Å². The van der Waals surface area contributed by atoms with Gasteiger partial charge >= 0.3 is 0 Å². The first-order chi connectivity index (χ1) is 10.2. The maximum Gasteiger partial charge on any atom is 0.123 e. The Bertz CT molecular complexity index is 430. The molecule has 0 aromatic heterocycles. The lowest BCUT2D eigenvalue weighted by Crippen LogP contribution is -2.33. The van der Waals surface area contributed by atoms with E-state index in [2.05, 4.69) is 9.80 Å². The normalized spacial score (nSPS) is 19.4. The highest BCUT2D eigenvalue weighted by Crippen LogP contribution is 2.18. The van der Waals surface area contributed by atoms with Crippen LogP contribution in [0.4, 0.5) is 4.39 Å². The maximum absolute atomic E-state index is 13.1. The molecule has 2 N–H and O–H groups in total. The molecule has 21 heavy (non-hydrogen) atoms. The molecule has 1 aliphatic rings. The van der Waals surface area contributed by atoms with Crippen LogP contribution in [0.15, 0.2) is 24.3 Å². The molecule has 1 aromatic rings. The van der Waals surface area contributed by atoms with E-state index in [0.717, 1.165) is 45.7 Å². The molecule has 5 heteroatoms. The predicted octanol–water partition coefficient (Wildman–Crippen LogP) is 1.25. The molecule has 4 nitrogen and oxygen atoms in total. The van der Waals surface area contributed by atoms with Gasteiger partial charge in [-0.1, -0.05) is 12.1 Å². The number of hydrogen-bond donors (Lipinski definition) is 2. The summed E-state index contributed by atoms with van der Waals surface area (Å²) >= 11 is 0. The van der Waals surface area contributed by atoms with Gasteiger partial charge in [-0.05, 0) is 43.6 Å². The van der Waals surface area contributed by atoms with Crippen molar-refractivity contribution in [2.75, 3.05) is 45.9 Å². The summed E-state index contributed by atoms with van der Waals surface area (Å²) in [5.41, 5.74) is 0.645. The van der Waals surface area contributed by atoms with Crippen molar-refractivity contribution in [2.24, 2.45) is 0 Å². The van der Waals surface area contributed by atoms with Gasteiger partial charge in [-0.3, -0.25) is 4.90 Å². The number of aliphatic hydroxyl groups excluding tert-OH is 2. The minimum atomic E-state index is -0.613. The molecule has 0 amide bonds. The van der Waals surface area contributed by atoms with Crippen LogP contribution in [0.25, 0.3) is 0 Å². The summed E-state index contributed by atoms with van der Waals surface area (Å²) in [7, 11) is 0. The number of benzene rings is 1. The quantitative estimate of drug-likeness (QED) is 0.829. The summed E-state index contributed by atoms with van der Waals surface area (Å²) in [4.78, 5) is 4.60. The van der Waals surface area contributed by atoms with E-state index in [1.165, 1.54) is 12.1 Å². The summed E-state index contributed by atoms with van der Waals surface area (Å²) < 4.78 is 13.1. The van der Waals surface area contributed by atoms with Crippen molar-refractivity contribution in [3.8, 4) is 0 Å². The number of hydrogen-bond acceptors (Lipinski definition) is 4. The molecular weight excluding hydrogens is 271 g/mol. The first-order valence-corrected chi connectivity index (χ1v) is 7.68. The molecule has 1 fully saturated rings. The van der Waals surface area contributed by atoms with Crippen molar-refractivity contribution in [1.82, 2.24) is 9.80 Å². The van der Waals surface area contributed by atoms with Crippen LogP contribution < -0.4 is 0 Å². The van der Waals surface area contributed by atoms with Crippen molar-refractivity contribution in [1.29, 1.82) is 0 Å². The standard InChI is InChI=1S/C16H25FN2O2/c17-15-4-1-3-14(13-15)16(21)5-8-18-6-2-7-19(10-9-18)11-12-20/h1,3-4,13,16,20-21H,2,5-12H2. The fraction of sp³-hybridized carbons (Fsp3) is 0.625. The topological polar surface area (TPSA) is 46.9 Å². The molecule has 1 atom stereocenters. The van der Waals surface area contributed by atoms with Crippen LogP contribution in [-0.4, -0.2) is 65.9 Å². The van der Waals surface area contributed by atoms with Crippen LogP contribution in [0.2, 0.25) is 0 Å². The molecule has 0 radical (unpaired) electrons. The van der Waals surface area contributed by atoms with Crippen LogP contribution in [0.5, 0.6) is 0 Å². The van der Waals surface area contributed by atoms with Gasteiger partial charge in [0.15, 0.2) is 0 Å². The molecule has 0 aliphatic carbocycles. The van der Waals surface area contributed by atoms with Crippen LogP contribution in [0.1, 0.15) is 24.5 Å². The van der Waals surface area contributed by atoms with Gasteiger partial charge in [0.2, 0.25) is 0 Å². The van der Waals surface area contributed by atoms with E-state index in [9.17, 15) is 9.50 Å². The van der Waals surface area contributed by atoms with Gasteiger partial charge in [-0.25, -0.2) is 4.39 Å². The Labute approximate surface area is 125 Å². The molecule has 1 aromatic carbocycles. The number of rotatable bonds is 6. The first-order valence-electron chi connectivity index (χ1n) is 7.68. The van der Waals surface area contributed by atoms with Crippen molar-refractivity contribution in [3.05, 3.63) is 35.6 Å². The van der Waals surface area contributed by atoms with Crippen molar-refractivity contribution >= 4 is 0 Å². The smallest absolute Gasteiger partial charge is 0.123 e. The second-order valence-electron chi connectivity index (χ2n) is 5.62. The lowest BCUT2D eigenvalue weighted by molar-refractivity contribution is 0.141. The Balaban J connectivity index is 1.77. The average Bonchev–Trinajstić information content (AvgIpc) is 2.71. The van der Waals surface area contributed by atoms with E-state index < -0.39 is 6.10 Å². The summed E-state index contributed by atoms with van der Waals surface area (Å²) in [6.45, 7) is 5.69. The van der Waals surface area contributed by atoms with E-state index >= 15 is 0 Å². The number of aliphatic hydroxyl groups is 2. The second kappa shape index (κ2) is 8.44. The molecule has 0 saturated carbocycles. The highest BCUT2D eigenvalue weighted by Gasteiger charge is 2.16. The summed E-state index contributed by atoms with van der Waals surface area (Å²) in [5.74, 6) is -0.305. The van der Waals surface area contributed by atoms with Crippen LogP contribution in [-0.2, 0) is 0 Å². The summed E-state index contributed by atoms with van der Waals surface area (Å²) in [6.07, 6.45) is 1.08. The van der Waals surface area contributed by atoms with Crippen molar-refractivity contribution in [3.63, 3.8) is 0 Å². The number of nitrogens with zero attached hydrogens (tertiary/aromatic N) is 2. The van der Waals surface area contributed by atoms with E-state index in [4.69, 9.17) is 5.11 Å². The first kappa shape index (κ1) is 16.4. The Hall–Kier alpha value is -1.01. The Kier molecular flexibility index (Phi) is 6.57. The molecule has 0 spiro atoms. The third kappa shape index (κ3) is 5.36. The third-order valence-electron chi connectivity index (χ3n) is 4.05. The SMILES string of the molecule is OCCN1CCCN(CCC(O)c2cccc(F)c2)CC1. The minimum Gasteiger partial charge on any atom is -0.395 e. The third-order valence-corrected chi connectivity index (χ3v) is 4.05. The Morgan fingerprint density at radius 3 is 2.48 bits per heavy atom. The molecule has 118 valence electrons. The Morgan fingerprint density at radius 1 is 1.10 bits per heavy atom. The summed E-state index contributed by atoms with van der Waals surface area (Å²) in [6, 6.07) is 6.18. The second-order valence-corrected chi connectivity index (χ2v) is 5.62. The largest absolute Gasteiger partial charge is 0.395 e. The van der Waals surface area contributed by atoms with E-state index in [1.54, 1.807) is 12.1 Å². The fourth-order valence-electron chi connectivity index (χ4n) is 2.80. The van der Waals surface area contributed by atoms with Gasteiger partial charge in [0.05, 0.1) is 12.7 Å². The Morgan fingerprint density at radius 2 is 1.81 bits per heavy atom. The van der Waals surface area contributed by atoms with E-state index in [1.807, 2.05) is 0 Å². The van der Waals surface area contributed by atoms with Gasteiger partial charge in [0, 0.05) is 26.2 Å². The van der Waals surface area contributed by atoms with Gasteiger partial charge in [0.1, 0.15) is 5.82 Å². The van der Waals surface area contributed by atoms with Gasteiger partial charge in [-0.2, -0.15) is 0 Å². The van der Waals surface area contributed by atoms with Crippen LogP contribution >= 0.6 is 0 Å². The van der Waals surface area contributed by atoms with Crippen LogP contribution in [0, 0.1) is 5.82 Å². The molecule has 1 saturated heterocycles. The number of β-amino-alcohol motifs (C(OH)–C–C–N with tert-alkyl or cyclic N) is 1. The monoisotopic (exact) mass is 296 g/mol. The van der Waals surface area contributed by atoms with Crippen molar-refractivity contribution in [2.45, 2.75) is 18.9 Å². The van der Waals surface area contributed by atoms with Crippen molar-refractivity contribution < 1.29 is 14.6 Å². The molecule has 2 rings (SSSR count). The average molecular weight is 296 g/mol. The summed E-state index contributed by atoms with van der Waals surface area (Å²) in [5, 5.41) is 19.1. The molecule has 1 unspecified atom stereocenters. The predicted molar refractivity (Wildman–Crippen MR) is 80.6 cm³/mol. The minimum absolute atomic E-state index is 0.207. The molecule has 0 bridgehead atoms. The molecule has 1 heterocycles.